The molecule has 0 N–H and O–H groups in total. The summed E-state index contributed by atoms with van der Waals surface area (Å²) >= 11 is 0. The third-order valence-electron chi connectivity index (χ3n) is 3.22. The van der Waals surface area contributed by atoms with Crippen LogP contribution in [0.1, 0.15) is 30.5 Å². The quantitative estimate of drug-likeness (QED) is 0.629. The van der Waals surface area contributed by atoms with Crippen molar-refractivity contribution in [3.05, 3.63) is 59.9 Å². The van der Waals surface area contributed by atoms with Gasteiger partial charge in [0.15, 0.2) is 0 Å². The normalized spacial score (nSPS) is 11.0. The first-order valence-corrected chi connectivity index (χ1v) is 7.45. The van der Waals surface area contributed by atoms with Crippen LogP contribution in [0.4, 0.5) is 0 Å². The van der Waals surface area contributed by atoms with Crippen LogP contribution >= 0.6 is 0 Å². The summed E-state index contributed by atoms with van der Waals surface area (Å²) in [6.45, 7) is 2.13. The van der Waals surface area contributed by atoms with E-state index in [1.54, 1.807) is 20.2 Å². The van der Waals surface area contributed by atoms with Crippen molar-refractivity contribution in [3.8, 4) is 17.6 Å². The first-order valence-electron chi connectivity index (χ1n) is 7.45. The number of hydrogen-bond acceptors (Lipinski definition) is 4. The van der Waals surface area contributed by atoms with Crippen molar-refractivity contribution >= 4 is 5.97 Å². The van der Waals surface area contributed by atoms with E-state index in [2.05, 4.69) is 16.8 Å². The van der Waals surface area contributed by atoms with Gasteiger partial charge in [-0.05, 0) is 37.3 Å². The summed E-state index contributed by atoms with van der Waals surface area (Å²) in [7, 11) is 1.62. The van der Waals surface area contributed by atoms with Gasteiger partial charge in [0.1, 0.15) is 11.7 Å². The van der Waals surface area contributed by atoms with Gasteiger partial charge in [-0.15, -0.1) is 0 Å². The van der Waals surface area contributed by atoms with Gasteiger partial charge in [-0.2, -0.15) is 0 Å². The maximum absolute atomic E-state index is 12.1. The van der Waals surface area contributed by atoms with Gasteiger partial charge in [0, 0.05) is 18.2 Å². The molecule has 1 aromatic carbocycles. The lowest BCUT2D eigenvalue weighted by atomic mass is 10.0. The van der Waals surface area contributed by atoms with Crippen LogP contribution in [-0.2, 0) is 9.53 Å². The van der Waals surface area contributed by atoms with Crippen molar-refractivity contribution in [3.63, 3.8) is 0 Å². The van der Waals surface area contributed by atoms with Crippen molar-refractivity contribution < 1.29 is 14.3 Å². The molecular weight excluding hydrogens is 290 g/mol. The predicted octanol–water partition coefficient (Wildman–Crippen LogP) is 3.18. The van der Waals surface area contributed by atoms with E-state index in [9.17, 15) is 4.79 Å². The topological polar surface area (TPSA) is 48.4 Å². The molecule has 2 aromatic rings. The maximum atomic E-state index is 12.1. The molecule has 0 fully saturated rings. The summed E-state index contributed by atoms with van der Waals surface area (Å²) < 4.78 is 10.3. The minimum absolute atomic E-state index is 0.300. The van der Waals surface area contributed by atoms with Crippen molar-refractivity contribution in [1.29, 1.82) is 0 Å². The van der Waals surface area contributed by atoms with E-state index in [0.29, 0.717) is 18.7 Å². The molecule has 0 spiro atoms. The van der Waals surface area contributed by atoms with E-state index in [0.717, 1.165) is 11.3 Å². The second kappa shape index (κ2) is 8.60. The molecule has 0 bridgehead atoms. The van der Waals surface area contributed by atoms with E-state index in [-0.39, 0.29) is 5.97 Å². The number of benzene rings is 1. The maximum Gasteiger partial charge on any atom is 0.315 e. The van der Waals surface area contributed by atoms with Crippen LogP contribution in [0.2, 0.25) is 0 Å². The third-order valence-corrected chi connectivity index (χ3v) is 3.22. The molecule has 1 aromatic heterocycles. The van der Waals surface area contributed by atoms with Crippen molar-refractivity contribution in [2.24, 2.45) is 0 Å². The number of methoxy groups -OCH3 is 1. The Morgan fingerprint density at radius 1 is 1.26 bits per heavy atom. The summed E-state index contributed by atoms with van der Waals surface area (Å²) in [6, 6.07) is 13.0. The van der Waals surface area contributed by atoms with E-state index < -0.39 is 5.92 Å². The number of rotatable bonds is 5. The molecule has 1 atom stereocenters. The molecule has 23 heavy (non-hydrogen) atoms. The zero-order valence-corrected chi connectivity index (χ0v) is 13.3. The van der Waals surface area contributed by atoms with Gasteiger partial charge in [0.05, 0.1) is 19.4 Å². The van der Waals surface area contributed by atoms with E-state index >= 15 is 0 Å². The van der Waals surface area contributed by atoms with Crippen LogP contribution < -0.4 is 4.74 Å². The summed E-state index contributed by atoms with van der Waals surface area (Å²) in [6.07, 6.45) is 2.02. The highest BCUT2D eigenvalue weighted by atomic mass is 16.5. The molecule has 4 nitrogen and oxygen atoms in total. The molecule has 1 unspecified atom stereocenters. The molecule has 0 saturated heterocycles. The molecule has 0 amide bonds. The number of hydrogen-bond donors (Lipinski definition) is 0. The number of pyridine rings is 1. The fourth-order valence-corrected chi connectivity index (χ4v) is 2.09. The van der Waals surface area contributed by atoms with Gasteiger partial charge in [0.2, 0.25) is 0 Å². The van der Waals surface area contributed by atoms with Gasteiger partial charge in [-0.3, -0.25) is 9.78 Å². The zero-order valence-electron chi connectivity index (χ0n) is 13.3. The number of esters is 1. The van der Waals surface area contributed by atoms with E-state index in [4.69, 9.17) is 9.47 Å². The molecule has 118 valence electrons. The SMILES string of the molecule is CCOC(=O)C(CC#Cc1cccc(OC)c1)c1ccccn1. The van der Waals surface area contributed by atoms with Gasteiger partial charge >= 0.3 is 5.97 Å². The molecule has 0 aliphatic heterocycles. The highest BCUT2D eigenvalue weighted by Gasteiger charge is 2.22. The predicted molar refractivity (Wildman–Crippen MR) is 88.1 cm³/mol. The number of aromatic nitrogens is 1. The lowest BCUT2D eigenvalue weighted by Crippen LogP contribution is -2.16. The number of nitrogens with zero attached hydrogens (tertiary/aromatic N) is 1. The molecule has 1 heterocycles. The summed E-state index contributed by atoms with van der Waals surface area (Å²) in [4.78, 5) is 16.4. The highest BCUT2D eigenvalue weighted by molar-refractivity contribution is 5.78. The molecular formula is C19H19NO3. The average molecular weight is 309 g/mol. The summed E-state index contributed by atoms with van der Waals surface area (Å²) in [5, 5.41) is 0. The molecule has 4 heteroatoms. The Kier molecular flexibility index (Phi) is 6.19. The Balaban J connectivity index is 2.15. The van der Waals surface area contributed by atoms with E-state index in [1.807, 2.05) is 42.5 Å². The van der Waals surface area contributed by atoms with Crippen molar-refractivity contribution in [1.82, 2.24) is 4.98 Å². The van der Waals surface area contributed by atoms with Gasteiger partial charge < -0.3 is 9.47 Å². The minimum atomic E-state index is -0.478. The number of carbonyl (C=O) groups excluding carboxylic acids is 1. The fourth-order valence-electron chi connectivity index (χ4n) is 2.09. The lowest BCUT2D eigenvalue weighted by Gasteiger charge is -2.12. The van der Waals surface area contributed by atoms with Crippen LogP contribution in [-0.4, -0.2) is 24.7 Å². The largest absolute Gasteiger partial charge is 0.497 e. The van der Waals surface area contributed by atoms with Gasteiger partial charge in [0.25, 0.3) is 0 Å². The van der Waals surface area contributed by atoms with Gasteiger partial charge in [-0.1, -0.05) is 24.0 Å². The van der Waals surface area contributed by atoms with E-state index in [1.165, 1.54) is 0 Å². The Morgan fingerprint density at radius 2 is 2.13 bits per heavy atom. The standard InChI is InChI=1S/C19H19NO3/c1-3-23-19(21)17(18-12-4-5-13-20-18)11-7-9-15-8-6-10-16(14-15)22-2/h4-6,8,10,12-14,17H,3,11H2,1-2H3. The zero-order chi connectivity index (χ0) is 16.5. The van der Waals surface area contributed by atoms with Crippen LogP contribution in [0.3, 0.4) is 0 Å². The first-order chi connectivity index (χ1) is 11.2. The summed E-state index contributed by atoms with van der Waals surface area (Å²) in [5.74, 6) is 6.07. The molecule has 0 radical (unpaired) electrons. The minimum Gasteiger partial charge on any atom is -0.497 e. The average Bonchev–Trinajstić information content (AvgIpc) is 2.60. The molecule has 0 aliphatic carbocycles. The molecule has 2 rings (SSSR count). The smallest absolute Gasteiger partial charge is 0.315 e. The Morgan fingerprint density at radius 3 is 2.83 bits per heavy atom. The van der Waals surface area contributed by atoms with Crippen LogP contribution in [0.25, 0.3) is 0 Å². The van der Waals surface area contributed by atoms with Crippen LogP contribution in [0.5, 0.6) is 5.75 Å². The van der Waals surface area contributed by atoms with Crippen LogP contribution in [0, 0.1) is 11.8 Å². The monoisotopic (exact) mass is 309 g/mol. The Bertz CT molecular complexity index is 701. The van der Waals surface area contributed by atoms with Gasteiger partial charge in [-0.25, -0.2) is 0 Å². The number of carbonyl (C=O) groups is 1. The Hall–Kier alpha value is -2.80. The summed E-state index contributed by atoms with van der Waals surface area (Å²) in [5.41, 5.74) is 1.51. The molecule has 0 saturated carbocycles. The second-order valence-electron chi connectivity index (χ2n) is 4.80. The molecule has 0 aliphatic rings. The van der Waals surface area contributed by atoms with Crippen LogP contribution in [0.15, 0.2) is 48.7 Å². The number of ether oxygens (including phenoxy) is 2. The highest BCUT2D eigenvalue weighted by Crippen LogP contribution is 2.19. The van der Waals surface area contributed by atoms with Crippen molar-refractivity contribution in [2.75, 3.05) is 13.7 Å². The third kappa shape index (κ3) is 4.86. The second-order valence-corrected chi connectivity index (χ2v) is 4.80. The Labute approximate surface area is 136 Å². The fraction of sp³-hybridized carbons (Fsp3) is 0.263. The first kappa shape index (κ1) is 16.6. The lowest BCUT2D eigenvalue weighted by molar-refractivity contribution is -0.144. The van der Waals surface area contributed by atoms with Crippen molar-refractivity contribution in [2.45, 2.75) is 19.3 Å².